The zero-order valence-electron chi connectivity index (χ0n) is 10.1. The third kappa shape index (κ3) is 3.17. The van der Waals surface area contributed by atoms with Crippen molar-refractivity contribution in [3.05, 3.63) is 0 Å². The first kappa shape index (κ1) is 13.2. The Bertz CT molecular complexity index is 366. The maximum absolute atomic E-state index is 11.7. The van der Waals surface area contributed by atoms with Gasteiger partial charge in [0.15, 0.2) is 0 Å². The largest absolute Gasteiger partial charge is 0.392 e. The van der Waals surface area contributed by atoms with E-state index in [4.69, 9.17) is 5.73 Å². The second-order valence-electron chi connectivity index (χ2n) is 4.87. The molecule has 7 heteroatoms. The van der Waals surface area contributed by atoms with E-state index in [0.717, 1.165) is 32.5 Å². The van der Waals surface area contributed by atoms with E-state index in [1.807, 2.05) is 0 Å². The lowest BCUT2D eigenvalue weighted by Gasteiger charge is -2.44. The van der Waals surface area contributed by atoms with Crippen LogP contribution in [0.5, 0.6) is 0 Å². The molecule has 100 valence electrons. The van der Waals surface area contributed by atoms with E-state index in [1.54, 1.807) is 0 Å². The molecule has 0 radical (unpaired) electrons. The van der Waals surface area contributed by atoms with Gasteiger partial charge in [-0.25, -0.2) is 0 Å². The van der Waals surface area contributed by atoms with E-state index in [0.29, 0.717) is 5.92 Å². The summed E-state index contributed by atoms with van der Waals surface area (Å²) < 4.78 is 0. The lowest BCUT2D eigenvalue weighted by Crippen LogP contribution is -2.59. The topological polar surface area (TPSA) is 87.5 Å². The molecule has 3 rings (SSSR count). The molecule has 3 saturated heterocycles. The van der Waals surface area contributed by atoms with E-state index in [1.165, 1.54) is 0 Å². The van der Waals surface area contributed by atoms with Gasteiger partial charge in [0.25, 0.3) is 0 Å². The van der Waals surface area contributed by atoms with Gasteiger partial charge in [-0.15, -0.1) is 0 Å². The predicted octanol–water partition coefficient (Wildman–Crippen LogP) is -1.40. The highest BCUT2D eigenvalue weighted by molar-refractivity contribution is 7.80. The van der Waals surface area contributed by atoms with Gasteiger partial charge in [-0.1, -0.05) is 12.2 Å². The third-order valence-corrected chi connectivity index (χ3v) is 3.75. The summed E-state index contributed by atoms with van der Waals surface area (Å²) in [6.45, 7) is 3.11. The molecule has 0 aromatic carbocycles. The molecular weight excluding hydrogens is 252 g/mol. The number of hydrogen-bond donors (Lipinski definition) is 3. The Balaban J connectivity index is 1.80. The molecule has 2 amide bonds. The van der Waals surface area contributed by atoms with Crippen molar-refractivity contribution in [2.24, 2.45) is 11.7 Å². The molecule has 2 bridgehead atoms. The maximum Gasteiger partial charge on any atom is 0.309 e. The molecule has 1 unspecified atom stereocenters. The van der Waals surface area contributed by atoms with Crippen LogP contribution >= 0.6 is 12.2 Å². The minimum absolute atomic E-state index is 0.0573. The normalized spacial score (nSPS) is 29.7. The van der Waals surface area contributed by atoms with Crippen LogP contribution in [0.15, 0.2) is 0 Å². The summed E-state index contributed by atoms with van der Waals surface area (Å²) in [5.41, 5.74) is 5.25. The monoisotopic (exact) mass is 270 g/mol. The lowest BCUT2D eigenvalue weighted by molar-refractivity contribution is -0.140. The van der Waals surface area contributed by atoms with Crippen molar-refractivity contribution in [1.82, 2.24) is 15.5 Å². The minimum Gasteiger partial charge on any atom is -0.392 e. The first-order valence-electron chi connectivity index (χ1n) is 6.15. The molecule has 0 saturated carbocycles. The number of nitrogens with zero attached hydrogens (tertiary/aromatic N) is 1. The molecule has 0 aromatic rings. The Morgan fingerprint density at radius 1 is 1.28 bits per heavy atom. The second kappa shape index (κ2) is 5.62. The fraction of sp³-hybridized carbons (Fsp3) is 0.727. The van der Waals surface area contributed by atoms with Crippen LogP contribution in [0.2, 0.25) is 0 Å². The van der Waals surface area contributed by atoms with Crippen LogP contribution in [0.3, 0.4) is 0 Å². The van der Waals surface area contributed by atoms with E-state index in [-0.39, 0.29) is 17.6 Å². The minimum atomic E-state index is -0.667. The van der Waals surface area contributed by atoms with Crippen molar-refractivity contribution in [2.45, 2.75) is 18.9 Å². The van der Waals surface area contributed by atoms with Crippen molar-refractivity contribution < 1.29 is 9.59 Å². The van der Waals surface area contributed by atoms with Crippen LogP contribution in [0.4, 0.5) is 0 Å². The van der Waals surface area contributed by atoms with E-state index >= 15 is 0 Å². The van der Waals surface area contributed by atoms with Gasteiger partial charge >= 0.3 is 11.8 Å². The van der Waals surface area contributed by atoms with E-state index in [9.17, 15) is 9.59 Å². The SMILES string of the molecule is NC(=S)CNC(=O)C(=O)NC1CN2CCC1CC2. The molecule has 18 heavy (non-hydrogen) atoms. The van der Waals surface area contributed by atoms with Crippen LogP contribution in [-0.2, 0) is 9.59 Å². The molecular formula is C11H18N4O2S. The molecule has 4 N–H and O–H groups in total. The fourth-order valence-electron chi connectivity index (χ4n) is 2.61. The number of piperidine rings is 3. The number of nitrogens with two attached hydrogens (primary N) is 1. The molecule has 3 fully saturated rings. The van der Waals surface area contributed by atoms with Gasteiger partial charge in [0.2, 0.25) is 0 Å². The summed E-state index contributed by atoms with van der Waals surface area (Å²) in [6, 6.07) is 0.0931. The van der Waals surface area contributed by atoms with Crippen molar-refractivity contribution in [3.63, 3.8) is 0 Å². The van der Waals surface area contributed by atoms with Crippen LogP contribution in [0.25, 0.3) is 0 Å². The molecule has 0 aromatic heterocycles. The summed E-state index contributed by atoms with van der Waals surface area (Å²) in [4.78, 5) is 25.6. The molecule has 3 aliphatic rings. The third-order valence-electron chi connectivity index (χ3n) is 3.60. The zero-order chi connectivity index (χ0) is 13.1. The van der Waals surface area contributed by atoms with Gasteiger partial charge in [-0.05, 0) is 31.8 Å². The van der Waals surface area contributed by atoms with Crippen LogP contribution in [0, 0.1) is 5.92 Å². The highest BCUT2D eigenvalue weighted by Crippen LogP contribution is 2.27. The highest BCUT2D eigenvalue weighted by Gasteiger charge is 2.35. The number of nitrogens with one attached hydrogen (secondary N) is 2. The Labute approximate surface area is 111 Å². The zero-order valence-corrected chi connectivity index (χ0v) is 11.0. The van der Waals surface area contributed by atoms with Gasteiger partial charge in [0.1, 0.15) is 0 Å². The number of thiocarbonyl (C=S) groups is 1. The van der Waals surface area contributed by atoms with Gasteiger partial charge < -0.3 is 21.3 Å². The molecule has 3 aliphatic heterocycles. The van der Waals surface area contributed by atoms with Crippen molar-refractivity contribution in [3.8, 4) is 0 Å². The number of carbonyl (C=O) groups excluding carboxylic acids is 2. The van der Waals surface area contributed by atoms with Crippen molar-refractivity contribution in [2.75, 3.05) is 26.2 Å². The average Bonchev–Trinajstić information content (AvgIpc) is 2.37. The second-order valence-corrected chi connectivity index (χ2v) is 5.39. The predicted molar refractivity (Wildman–Crippen MR) is 70.9 cm³/mol. The number of hydrogen-bond acceptors (Lipinski definition) is 4. The Morgan fingerprint density at radius 3 is 2.44 bits per heavy atom. The number of carbonyl (C=O) groups is 2. The lowest BCUT2D eigenvalue weighted by atomic mass is 9.84. The van der Waals surface area contributed by atoms with Gasteiger partial charge in [0.05, 0.1) is 11.5 Å². The summed E-state index contributed by atoms with van der Waals surface area (Å²) >= 11 is 4.63. The molecule has 0 spiro atoms. The highest BCUT2D eigenvalue weighted by atomic mass is 32.1. The number of rotatable bonds is 3. The van der Waals surface area contributed by atoms with Crippen molar-refractivity contribution in [1.29, 1.82) is 0 Å². The van der Waals surface area contributed by atoms with Crippen LogP contribution in [0.1, 0.15) is 12.8 Å². The molecule has 0 aliphatic carbocycles. The van der Waals surface area contributed by atoms with Gasteiger partial charge in [-0.3, -0.25) is 9.59 Å². The Hall–Kier alpha value is -1.21. The maximum atomic E-state index is 11.7. The first-order valence-corrected chi connectivity index (χ1v) is 6.56. The molecule has 3 heterocycles. The fourth-order valence-corrected chi connectivity index (χ4v) is 2.68. The van der Waals surface area contributed by atoms with Gasteiger partial charge in [0, 0.05) is 12.6 Å². The smallest absolute Gasteiger partial charge is 0.309 e. The molecule has 6 nitrogen and oxygen atoms in total. The van der Waals surface area contributed by atoms with E-state index in [2.05, 4.69) is 27.8 Å². The van der Waals surface area contributed by atoms with Crippen LogP contribution < -0.4 is 16.4 Å². The van der Waals surface area contributed by atoms with E-state index < -0.39 is 11.8 Å². The van der Waals surface area contributed by atoms with Crippen molar-refractivity contribution >= 4 is 29.0 Å². The Kier molecular flexibility index (Phi) is 4.13. The number of fused-ring (bicyclic) bond motifs is 3. The summed E-state index contributed by atoms with van der Waals surface area (Å²) in [5, 5.41) is 5.18. The van der Waals surface area contributed by atoms with Crippen LogP contribution in [-0.4, -0.2) is 53.9 Å². The quantitative estimate of drug-likeness (QED) is 0.434. The van der Waals surface area contributed by atoms with Gasteiger partial charge in [-0.2, -0.15) is 0 Å². The summed E-state index contributed by atoms with van der Waals surface area (Å²) in [6.07, 6.45) is 2.19. The standard InChI is InChI=1S/C11H18N4O2S/c12-9(18)5-13-10(16)11(17)14-8-6-15-3-1-7(8)2-4-15/h7-8H,1-6H2,(H2,12,18)(H,13,16)(H,14,17). The average molecular weight is 270 g/mol. The summed E-state index contributed by atoms with van der Waals surface area (Å²) in [5.74, 6) is -0.758. The molecule has 1 atom stereocenters. The Morgan fingerprint density at radius 2 is 1.94 bits per heavy atom. The number of amides is 2. The summed E-state index contributed by atoms with van der Waals surface area (Å²) in [7, 11) is 0. The first-order chi connectivity index (χ1) is 8.56.